The molecule has 118 valence electrons. The summed E-state index contributed by atoms with van der Waals surface area (Å²) in [6, 6.07) is 7.87. The van der Waals surface area contributed by atoms with Crippen LogP contribution in [0.4, 0.5) is 0 Å². The molecule has 0 aromatic heterocycles. The maximum Gasteiger partial charge on any atom is 0.309 e. The number of ether oxygens (including phenoxy) is 2. The Morgan fingerprint density at radius 1 is 1.32 bits per heavy atom. The van der Waals surface area contributed by atoms with Crippen LogP contribution in [0.25, 0.3) is 6.08 Å². The number of rotatable bonds is 4. The highest BCUT2D eigenvalue weighted by Crippen LogP contribution is 2.20. The van der Waals surface area contributed by atoms with Crippen LogP contribution in [0.5, 0.6) is 0 Å². The molecule has 1 aromatic rings. The SMILES string of the molecule is COC(=O)Cc1ccccc1/C=C/C1CCCCN=C1OC. The van der Waals surface area contributed by atoms with Crippen molar-refractivity contribution >= 4 is 17.9 Å². The van der Waals surface area contributed by atoms with E-state index < -0.39 is 0 Å². The Morgan fingerprint density at radius 2 is 2.14 bits per heavy atom. The first-order chi connectivity index (χ1) is 10.7. The van der Waals surface area contributed by atoms with Gasteiger partial charge in [0.25, 0.3) is 0 Å². The van der Waals surface area contributed by atoms with E-state index in [1.54, 1.807) is 7.11 Å². The van der Waals surface area contributed by atoms with Crippen LogP contribution >= 0.6 is 0 Å². The van der Waals surface area contributed by atoms with E-state index in [4.69, 9.17) is 9.47 Å². The first kappa shape index (κ1) is 16.3. The summed E-state index contributed by atoms with van der Waals surface area (Å²) >= 11 is 0. The van der Waals surface area contributed by atoms with E-state index in [9.17, 15) is 4.79 Å². The molecule has 1 aliphatic rings. The molecule has 0 radical (unpaired) electrons. The molecule has 0 N–H and O–H groups in total. The Balaban J connectivity index is 2.16. The van der Waals surface area contributed by atoms with E-state index in [1.807, 2.05) is 24.3 Å². The van der Waals surface area contributed by atoms with Crippen molar-refractivity contribution in [3.05, 3.63) is 41.5 Å². The summed E-state index contributed by atoms with van der Waals surface area (Å²) in [5.74, 6) is 0.785. The normalized spacial score (nSPS) is 18.6. The van der Waals surface area contributed by atoms with Gasteiger partial charge in [0.1, 0.15) is 0 Å². The Morgan fingerprint density at radius 3 is 2.91 bits per heavy atom. The summed E-state index contributed by atoms with van der Waals surface area (Å²) in [7, 11) is 3.09. The molecular weight excluding hydrogens is 278 g/mol. The van der Waals surface area contributed by atoms with Gasteiger partial charge in [0.05, 0.1) is 26.6 Å². The molecular formula is C18H23NO3. The standard InChI is InChI=1S/C18H23NO3/c1-21-17(20)13-16-9-4-3-7-14(16)10-11-15-8-5-6-12-19-18(15)22-2/h3-4,7,9-11,15H,5-6,8,12-13H2,1-2H3/b11-10+. The number of nitrogens with zero attached hydrogens (tertiary/aromatic N) is 1. The Labute approximate surface area is 131 Å². The van der Waals surface area contributed by atoms with Crippen molar-refractivity contribution in [2.45, 2.75) is 25.7 Å². The molecule has 1 heterocycles. The second kappa shape index (κ2) is 8.37. The van der Waals surface area contributed by atoms with Crippen molar-refractivity contribution in [3.8, 4) is 0 Å². The molecule has 0 amide bonds. The lowest BCUT2D eigenvalue weighted by atomic mass is 9.98. The fraction of sp³-hybridized carbons (Fsp3) is 0.444. The van der Waals surface area contributed by atoms with Crippen LogP contribution in [0.2, 0.25) is 0 Å². The van der Waals surface area contributed by atoms with Crippen LogP contribution in [-0.2, 0) is 20.7 Å². The highest BCUT2D eigenvalue weighted by molar-refractivity contribution is 5.82. The third kappa shape index (κ3) is 4.45. The van der Waals surface area contributed by atoms with Gasteiger partial charge in [-0.1, -0.05) is 42.8 Å². The molecule has 0 saturated heterocycles. The Kier molecular flexibility index (Phi) is 6.19. The summed E-state index contributed by atoms with van der Waals surface area (Å²) in [6.45, 7) is 0.840. The van der Waals surface area contributed by atoms with Gasteiger partial charge in [0, 0.05) is 6.54 Å². The van der Waals surface area contributed by atoms with Gasteiger partial charge < -0.3 is 9.47 Å². The monoisotopic (exact) mass is 301 g/mol. The molecule has 1 unspecified atom stereocenters. The molecule has 22 heavy (non-hydrogen) atoms. The Hall–Kier alpha value is -2.10. The zero-order valence-electron chi connectivity index (χ0n) is 13.2. The largest absolute Gasteiger partial charge is 0.484 e. The van der Waals surface area contributed by atoms with E-state index in [1.165, 1.54) is 7.11 Å². The molecule has 0 fully saturated rings. The van der Waals surface area contributed by atoms with E-state index >= 15 is 0 Å². The first-order valence-electron chi connectivity index (χ1n) is 7.66. The molecule has 4 nitrogen and oxygen atoms in total. The number of esters is 1. The molecule has 0 spiro atoms. The summed E-state index contributed by atoms with van der Waals surface area (Å²) in [5.41, 5.74) is 2.00. The average molecular weight is 301 g/mol. The van der Waals surface area contributed by atoms with Gasteiger partial charge in [0.15, 0.2) is 5.90 Å². The predicted molar refractivity (Wildman–Crippen MR) is 87.8 cm³/mol. The lowest BCUT2D eigenvalue weighted by Crippen LogP contribution is -2.13. The highest BCUT2D eigenvalue weighted by Gasteiger charge is 2.16. The van der Waals surface area contributed by atoms with E-state index in [0.717, 1.165) is 42.8 Å². The third-order valence-corrected chi connectivity index (χ3v) is 3.84. The molecule has 0 saturated carbocycles. The molecule has 1 aromatic carbocycles. The lowest BCUT2D eigenvalue weighted by molar-refractivity contribution is -0.139. The van der Waals surface area contributed by atoms with Crippen molar-refractivity contribution in [3.63, 3.8) is 0 Å². The van der Waals surface area contributed by atoms with Crippen molar-refractivity contribution in [2.24, 2.45) is 10.9 Å². The fourth-order valence-corrected chi connectivity index (χ4v) is 2.61. The maximum atomic E-state index is 11.5. The smallest absolute Gasteiger partial charge is 0.309 e. The minimum Gasteiger partial charge on any atom is -0.484 e. The lowest BCUT2D eigenvalue weighted by Gasteiger charge is -2.12. The first-order valence-corrected chi connectivity index (χ1v) is 7.66. The van der Waals surface area contributed by atoms with Crippen molar-refractivity contribution in [1.82, 2.24) is 0 Å². The molecule has 0 bridgehead atoms. The van der Waals surface area contributed by atoms with Gasteiger partial charge in [-0.05, 0) is 24.0 Å². The number of aliphatic imine (C=N–C) groups is 1. The van der Waals surface area contributed by atoms with E-state index in [0.29, 0.717) is 0 Å². The summed E-state index contributed by atoms with van der Waals surface area (Å²) in [6.07, 6.45) is 7.77. The molecule has 1 aliphatic heterocycles. The zero-order chi connectivity index (χ0) is 15.8. The average Bonchev–Trinajstić information content (AvgIpc) is 2.78. The summed E-state index contributed by atoms with van der Waals surface area (Å²) in [4.78, 5) is 16.0. The third-order valence-electron chi connectivity index (χ3n) is 3.84. The van der Waals surface area contributed by atoms with Crippen LogP contribution in [-0.4, -0.2) is 32.6 Å². The highest BCUT2D eigenvalue weighted by atomic mass is 16.5. The van der Waals surface area contributed by atoms with Crippen molar-refractivity contribution in [1.29, 1.82) is 0 Å². The topological polar surface area (TPSA) is 47.9 Å². The van der Waals surface area contributed by atoms with Gasteiger partial charge in [-0.15, -0.1) is 0 Å². The van der Waals surface area contributed by atoms with Crippen LogP contribution in [0.1, 0.15) is 30.4 Å². The van der Waals surface area contributed by atoms with Gasteiger partial charge in [-0.2, -0.15) is 0 Å². The van der Waals surface area contributed by atoms with Crippen molar-refractivity contribution in [2.75, 3.05) is 20.8 Å². The number of carbonyl (C=O) groups excluding carboxylic acids is 1. The minimum absolute atomic E-state index is 0.207. The second-order valence-electron chi connectivity index (χ2n) is 5.34. The quantitative estimate of drug-likeness (QED) is 0.802. The summed E-state index contributed by atoms with van der Waals surface area (Å²) in [5, 5.41) is 0. The second-order valence-corrected chi connectivity index (χ2v) is 5.34. The van der Waals surface area contributed by atoms with Crippen LogP contribution in [0, 0.1) is 5.92 Å². The summed E-state index contributed by atoms with van der Waals surface area (Å²) < 4.78 is 10.2. The Bertz CT molecular complexity index is 563. The molecule has 4 heteroatoms. The van der Waals surface area contributed by atoms with Gasteiger partial charge in [-0.3, -0.25) is 9.79 Å². The number of hydrogen-bond donors (Lipinski definition) is 0. The maximum absolute atomic E-state index is 11.5. The van der Waals surface area contributed by atoms with Gasteiger partial charge in [-0.25, -0.2) is 0 Å². The number of methoxy groups -OCH3 is 2. The number of benzene rings is 1. The van der Waals surface area contributed by atoms with Crippen LogP contribution in [0.15, 0.2) is 35.3 Å². The zero-order valence-corrected chi connectivity index (χ0v) is 13.2. The predicted octanol–water partition coefficient (Wildman–Crippen LogP) is 3.26. The van der Waals surface area contributed by atoms with Gasteiger partial charge >= 0.3 is 5.97 Å². The van der Waals surface area contributed by atoms with Gasteiger partial charge in [0.2, 0.25) is 0 Å². The fourth-order valence-electron chi connectivity index (χ4n) is 2.61. The number of hydrogen-bond acceptors (Lipinski definition) is 4. The molecule has 1 atom stereocenters. The molecule has 0 aliphatic carbocycles. The van der Waals surface area contributed by atoms with Crippen molar-refractivity contribution < 1.29 is 14.3 Å². The van der Waals surface area contributed by atoms with E-state index in [-0.39, 0.29) is 18.3 Å². The minimum atomic E-state index is -0.227. The van der Waals surface area contributed by atoms with Crippen LogP contribution in [0.3, 0.4) is 0 Å². The van der Waals surface area contributed by atoms with Crippen LogP contribution < -0.4 is 0 Å². The number of carbonyl (C=O) groups is 1. The molecule has 2 rings (SSSR count). The van der Waals surface area contributed by atoms with E-state index in [2.05, 4.69) is 17.1 Å².